The zero-order chi connectivity index (χ0) is 13.0. The average Bonchev–Trinajstić information content (AvgIpc) is 2.40. The van der Waals surface area contributed by atoms with Crippen molar-refractivity contribution in [1.82, 2.24) is 10.6 Å². The van der Waals surface area contributed by atoms with E-state index in [1.807, 2.05) is 0 Å². The van der Waals surface area contributed by atoms with Crippen LogP contribution in [0.15, 0.2) is 0 Å². The van der Waals surface area contributed by atoms with Crippen LogP contribution in [0.4, 0.5) is 0 Å². The molecule has 2 aliphatic rings. The first-order valence-corrected chi connectivity index (χ1v) is 6.97. The molecular weight excluding hydrogens is 230 g/mol. The molecule has 1 saturated carbocycles. The van der Waals surface area contributed by atoms with Gasteiger partial charge in [-0.15, -0.1) is 0 Å². The van der Waals surface area contributed by atoms with Gasteiger partial charge >= 0.3 is 0 Å². The molecule has 0 bridgehead atoms. The molecule has 0 spiro atoms. The van der Waals surface area contributed by atoms with Crippen LogP contribution in [0.1, 0.15) is 38.5 Å². The molecule has 0 radical (unpaired) electrons. The minimum absolute atomic E-state index is 0.00880. The van der Waals surface area contributed by atoms with Crippen molar-refractivity contribution in [2.24, 2.45) is 17.6 Å². The van der Waals surface area contributed by atoms with Crippen molar-refractivity contribution < 1.29 is 9.59 Å². The lowest BCUT2D eigenvalue weighted by Crippen LogP contribution is -2.46. The number of carbonyl (C=O) groups excluding carboxylic acids is 2. The van der Waals surface area contributed by atoms with Gasteiger partial charge < -0.3 is 16.4 Å². The van der Waals surface area contributed by atoms with Gasteiger partial charge in [-0.2, -0.15) is 0 Å². The Balaban J connectivity index is 1.73. The SMILES string of the molecule is NC(=O)C1CCC(NC(=O)[C@H]2CCCNC2)CC1. The molecule has 5 nitrogen and oxygen atoms in total. The van der Waals surface area contributed by atoms with Gasteiger partial charge in [0.2, 0.25) is 11.8 Å². The number of primary amides is 1. The molecule has 0 aromatic rings. The van der Waals surface area contributed by atoms with E-state index < -0.39 is 0 Å². The van der Waals surface area contributed by atoms with Crippen LogP contribution in [0.25, 0.3) is 0 Å². The molecule has 2 amide bonds. The summed E-state index contributed by atoms with van der Waals surface area (Å²) in [7, 11) is 0. The van der Waals surface area contributed by atoms with Gasteiger partial charge in [-0.25, -0.2) is 0 Å². The van der Waals surface area contributed by atoms with E-state index in [1.54, 1.807) is 0 Å². The van der Waals surface area contributed by atoms with Crippen molar-refractivity contribution in [3.05, 3.63) is 0 Å². The van der Waals surface area contributed by atoms with Crippen LogP contribution in [-0.4, -0.2) is 30.9 Å². The highest BCUT2D eigenvalue weighted by Crippen LogP contribution is 2.24. The van der Waals surface area contributed by atoms with Crippen molar-refractivity contribution in [2.45, 2.75) is 44.6 Å². The predicted octanol–water partition coefficient (Wildman–Crippen LogP) is 0.146. The Hall–Kier alpha value is -1.10. The van der Waals surface area contributed by atoms with Gasteiger partial charge in [0.25, 0.3) is 0 Å². The van der Waals surface area contributed by atoms with Crippen molar-refractivity contribution in [2.75, 3.05) is 13.1 Å². The largest absolute Gasteiger partial charge is 0.369 e. The Morgan fingerprint density at radius 1 is 1.06 bits per heavy atom. The number of rotatable bonds is 3. The molecule has 1 aliphatic carbocycles. The zero-order valence-corrected chi connectivity index (χ0v) is 10.8. The van der Waals surface area contributed by atoms with Crippen LogP contribution in [0, 0.1) is 11.8 Å². The van der Waals surface area contributed by atoms with E-state index in [2.05, 4.69) is 10.6 Å². The molecule has 1 heterocycles. The van der Waals surface area contributed by atoms with Crippen molar-refractivity contribution in [1.29, 1.82) is 0 Å². The fourth-order valence-corrected chi connectivity index (χ4v) is 2.92. The van der Waals surface area contributed by atoms with Crippen molar-refractivity contribution in [3.8, 4) is 0 Å². The molecule has 4 N–H and O–H groups in total. The van der Waals surface area contributed by atoms with Crippen molar-refractivity contribution in [3.63, 3.8) is 0 Å². The van der Waals surface area contributed by atoms with E-state index in [9.17, 15) is 9.59 Å². The lowest BCUT2D eigenvalue weighted by molar-refractivity contribution is -0.126. The normalized spacial score (nSPS) is 32.8. The van der Waals surface area contributed by atoms with Gasteiger partial charge in [-0.1, -0.05) is 0 Å². The van der Waals surface area contributed by atoms with Gasteiger partial charge in [-0.3, -0.25) is 9.59 Å². The summed E-state index contributed by atoms with van der Waals surface area (Å²) in [6.07, 6.45) is 5.42. The first-order chi connectivity index (χ1) is 8.66. The molecule has 0 aromatic carbocycles. The topological polar surface area (TPSA) is 84.2 Å². The Bertz CT molecular complexity index is 305. The van der Waals surface area contributed by atoms with Crippen LogP contribution in [0.3, 0.4) is 0 Å². The van der Waals surface area contributed by atoms with Crippen LogP contribution in [-0.2, 0) is 9.59 Å². The molecule has 0 unspecified atom stereocenters. The van der Waals surface area contributed by atoms with Crippen LogP contribution in [0.5, 0.6) is 0 Å². The second-order valence-corrected chi connectivity index (χ2v) is 5.50. The molecule has 1 aliphatic heterocycles. The molecule has 0 aromatic heterocycles. The maximum atomic E-state index is 12.0. The molecule has 1 atom stereocenters. The monoisotopic (exact) mass is 253 g/mol. The third-order valence-electron chi connectivity index (χ3n) is 4.14. The quantitative estimate of drug-likeness (QED) is 0.669. The lowest BCUT2D eigenvalue weighted by Gasteiger charge is -2.30. The minimum atomic E-state index is -0.198. The predicted molar refractivity (Wildman–Crippen MR) is 68.7 cm³/mol. The van der Waals surface area contributed by atoms with E-state index in [1.165, 1.54) is 0 Å². The average molecular weight is 253 g/mol. The smallest absolute Gasteiger partial charge is 0.224 e. The van der Waals surface area contributed by atoms with Crippen LogP contribution < -0.4 is 16.4 Å². The van der Waals surface area contributed by atoms with Crippen LogP contribution >= 0.6 is 0 Å². The summed E-state index contributed by atoms with van der Waals surface area (Å²) in [5.41, 5.74) is 5.30. The highest BCUT2D eigenvalue weighted by atomic mass is 16.2. The number of nitrogens with two attached hydrogens (primary N) is 1. The fourth-order valence-electron chi connectivity index (χ4n) is 2.92. The molecule has 1 saturated heterocycles. The number of carbonyl (C=O) groups is 2. The first kappa shape index (κ1) is 13.3. The standard InChI is InChI=1S/C13H23N3O2/c14-12(17)9-3-5-11(6-4-9)16-13(18)10-2-1-7-15-8-10/h9-11,15H,1-8H2,(H2,14,17)(H,16,18)/t9?,10-,11?/m0/s1. The van der Waals surface area contributed by atoms with E-state index in [-0.39, 0.29) is 29.7 Å². The number of hydrogen-bond acceptors (Lipinski definition) is 3. The van der Waals surface area contributed by atoms with Crippen molar-refractivity contribution >= 4 is 11.8 Å². The van der Waals surface area contributed by atoms with Gasteiger partial charge in [0.1, 0.15) is 0 Å². The molecule has 18 heavy (non-hydrogen) atoms. The third-order valence-corrected chi connectivity index (χ3v) is 4.14. The lowest BCUT2D eigenvalue weighted by atomic mass is 9.85. The second-order valence-electron chi connectivity index (χ2n) is 5.50. The summed E-state index contributed by atoms with van der Waals surface area (Å²) in [5.74, 6) is 0.100. The van der Waals surface area contributed by atoms with E-state index in [4.69, 9.17) is 5.73 Å². The molecule has 102 valence electrons. The highest BCUT2D eigenvalue weighted by molar-refractivity contribution is 5.79. The summed E-state index contributed by atoms with van der Waals surface area (Å²) in [4.78, 5) is 23.1. The maximum absolute atomic E-state index is 12.0. The van der Waals surface area contributed by atoms with Gasteiger partial charge in [0, 0.05) is 18.5 Å². The first-order valence-electron chi connectivity index (χ1n) is 6.97. The number of hydrogen-bond donors (Lipinski definition) is 3. The Morgan fingerprint density at radius 2 is 1.78 bits per heavy atom. The minimum Gasteiger partial charge on any atom is -0.369 e. The van der Waals surface area contributed by atoms with Gasteiger partial charge in [0.15, 0.2) is 0 Å². The summed E-state index contributed by atoms with van der Waals surface area (Å²) < 4.78 is 0. The van der Waals surface area contributed by atoms with Crippen LogP contribution in [0.2, 0.25) is 0 Å². The number of amides is 2. The zero-order valence-electron chi connectivity index (χ0n) is 10.8. The third kappa shape index (κ3) is 3.45. The Morgan fingerprint density at radius 3 is 2.33 bits per heavy atom. The molecular formula is C13H23N3O2. The van der Waals surface area contributed by atoms with Gasteiger partial charge in [-0.05, 0) is 45.1 Å². The second kappa shape index (κ2) is 6.18. The summed E-state index contributed by atoms with van der Waals surface area (Å²) in [6.45, 7) is 1.82. The summed E-state index contributed by atoms with van der Waals surface area (Å²) in [5, 5.41) is 6.37. The maximum Gasteiger partial charge on any atom is 0.224 e. The molecule has 2 fully saturated rings. The summed E-state index contributed by atoms with van der Waals surface area (Å²) >= 11 is 0. The Labute approximate surface area is 108 Å². The molecule has 5 heteroatoms. The number of nitrogens with one attached hydrogen (secondary N) is 2. The molecule has 2 rings (SSSR count). The van der Waals surface area contributed by atoms with E-state index >= 15 is 0 Å². The van der Waals surface area contributed by atoms with E-state index in [0.717, 1.165) is 51.6 Å². The van der Waals surface area contributed by atoms with E-state index in [0.29, 0.717) is 0 Å². The highest BCUT2D eigenvalue weighted by Gasteiger charge is 2.28. The fraction of sp³-hybridized carbons (Fsp3) is 0.846. The summed E-state index contributed by atoms with van der Waals surface area (Å²) in [6, 6.07) is 0.232. The number of piperidine rings is 1. The van der Waals surface area contributed by atoms with Gasteiger partial charge in [0.05, 0.1) is 5.92 Å². The Kier molecular flexibility index (Phi) is 4.58.